The molecular formula is C27H37ClN5P. The Morgan fingerprint density at radius 1 is 1.12 bits per heavy atom. The van der Waals surface area contributed by atoms with E-state index in [1.165, 1.54) is 55.8 Å². The van der Waals surface area contributed by atoms with Gasteiger partial charge >= 0.3 is 0 Å². The molecule has 2 fully saturated rings. The van der Waals surface area contributed by atoms with Crippen molar-refractivity contribution in [1.82, 2.24) is 19.7 Å². The molecule has 0 aliphatic heterocycles. The van der Waals surface area contributed by atoms with Crippen LogP contribution in [0.1, 0.15) is 81.4 Å². The molecule has 2 saturated carbocycles. The molecule has 3 atom stereocenters. The highest BCUT2D eigenvalue weighted by Gasteiger charge is 2.29. The number of hydrogen-bond donors (Lipinski definition) is 0. The lowest BCUT2D eigenvalue weighted by atomic mass is 10.1. The van der Waals surface area contributed by atoms with Gasteiger partial charge in [0.25, 0.3) is 0 Å². The number of fused-ring (bicyclic) bond motifs is 1. The summed E-state index contributed by atoms with van der Waals surface area (Å²) >= 11 is 6.51. The Labute approximate surface area is 210 Å². The van der Waals surface area contributed by atoms with Gasteiger partial charge in [0, 0.05) is 13.1 Å². The van der Waals surface area contributed by atoms with E-state index in [9.17, 15) is 0 Å². The van der Waals surface area contributed by atoms with Gasteiger partial charge in [0.1, 0.15) is 5.82 Å². The molecule has 2 aliphatic carbocycles. The van der Waals surface area contributed by atoms with Crippen LogP contribution in [-0.2, 0) is 6.54 Å². The normalized spacial score (nSPS) is 20.7. The van der Waals surface area contributed by atoms with Crippen molar-refractivity contribution in [1.29, 1.82) is 0 Å². The maximum Gasteiger partial charge on any atom is 0.226 e. The minimum Gasteiger partial charge on any atom is -0.352 e. The van der Waals surface area contributed by atoms with Crippen LogP contribution in [0.2, 0.25) is 5.28 Å². The summed E-state index contributed by atoms with van der Waals surface area (Å²) in [7, 11) is 1.05. The van der Waals surface area contributed by atoms with Gasteiger partial charge in [0.2, 0.25) is 5.28 Å². The van der Waals surface area contributed by atoms with E-state index in [2.05, 4.69) is 52.4 Å². The Morgan fingerprint density at radius 2 is 1.94 bits per heavy atom. The maximum absolute atomic E-state index is 6.51. The molecule has 0 bridgehead atoms. The number of unbranched alkanes of at least 4 members (excludes halogenated alkanes) is 1. The highest BCUT2D eigenvalue weighted by molar-refractivity contribution is 7.36. The third-order valence-corrected chi connectivity index (χ3v) is 8.51. The summed E-state index contributed by atoms with van der Waals surface area (Å²) < 4.78 is 2.14. The first-order valence-corrected chi connectivity index (χ1v) is 15.1. The van der Waals surface area contributed by atoms with Crippen LogP contribution in [0.4, 0.5) is 5.82 Å². The van der Waals surface area contributed by atoms with Crippen LogP contribution in [0.15, 0.2) is 30.5 Å². The SMILES string of the molecule is CCCCN(Cc1ccc(C2CC2)cc1)c1nc(Cl)nc2c1cnn2C1CCC(CCPC)C1. The Hall–Kier alpha value is -1.71. The van der Waals surface area contributed by atoms with Crippen LogP contribution >= 0.6 is 20.2 Å². The molecule has 0 radical (unpaired) electrons. The van der Waals surface area contributed by atoms with Crippen LogP contribution in [0.3, 0.4) is 0 Å². The molecule has 3 unspecified atom stereocenters. The summed E-state index contributed by atoms with van der Waals surface area (Å²) in [5.74, 6) is 2.52. The average Bonchev–Trinajstić information content (AvgIpc) is 3.45. The zero-order valence-corrected chi connectivity index (χ0v) is 22.3. The molecule has 2 heterocycles. The first-order chi connectivity index (χ1) is 16.7. The molecule has 0 spiro atoms. The van der Waals surface area contributed by atoms with Crippen LogP contribution < -0.4 is 4.90 Å². The first-order valence-electron chi connectivity index (χ1n) is 13.1. The summed E-state index contributed by atoms with van der Waals surface area (Å²) in [6.07, 6.45) is 13.3. The molecule has 2 aromatic heterocycles. The van der Waals surface area contributed by atoms with Crippen molar-refractivity contribution in [2.24, 2.45) is 5.92 Å². The van der Waals surface area contributed by atoms with Crippen molar-refractivity contribution < 1.29 is 0 Å². The van der Waals surface area contributed by atoms with E-state index in [-0.39, 0.29) is 0 Å². The van der Waals surface area contributed by atoms with Crippen LogP contribution in [-0.4, -0.2) is 39.1 Å². The van der Waals surface area contributed by atoms with Gasteiger partial charge in [-0.15, -0.1) is 8.58 Å². The van der Waals surface area contributed by atoms with Gasteiger partial charge in [0.05, 0.1) is 17.6 Å². The van der Waals surface area contributed by atoms with Crippen LogP contribution in [0, 0.1) is 5.92 Å². The third-order valence-electron chi connectivity index (χ3n) is 7.55. The van der Waals surface area contributed by atoms with E-state index < -0.39 is 0 Å². The summed E-state index contributed by atoms with van der Waals surface area (Å²) in [6, 6.07) is 9.60. The van der Waals surface area contributed by atoms with Crippen LogP contribution in [0.25, 0.3) is 11.0 Å². The molecule has 0 saturated heterocycles. The largest absolute Gasteiger partial charge is 0.352 e. The molecule has 5 nitrogen and oxygen atoms in total. The number of benzene rings is 1. The van der Waals surface area contributed by atoms with Crippen molar-refractivity contribution in [2.45, 2.75) is 76.8 Å². The van der Waals surface area contributed by atoms with Gasteiger partial charge in [-0.3, -0.25) is 0 Å². The monoisotopic (exact) mass is 497 g/mol. The van der Waals surface area contributed by atoms with Crippen molar-refractivity contribution in [3.8, 4) is 0 Å². The standard InChI is InChI=1S/C27H37ClN5P/c1-3-4-14-32(18-20-5-8-21(9-6-20)22-10-11-22)25-24-17-29-33(26(24)31-27(28)30-25)23-12-7-19(16-23)13-15-34-2/h5-6,8-9,17,19,22-23,34H,3-4,7,10-16,18H2,1-2H3. The molecule has 7 heteroatoms. The third kappa shape index (κ3) is 5.41. The Morgan fingerprint density at radius 3 is 2.68 bits per heavy atom. The second-order valence-electron chi connectivity index (χ2n) is 10.2. The highest BCUT2D eigenvalue weighted by Crippen LogP contribution is 2.41. The summed E-state index contributed by atoms with van der Waals surface area (Å²) in [4.78, 5) is 11.8. The highest BCUT2D eigenvalue weighted by atomic mass is 35.5. The van der Waals surface area contributed by atoms with Gasteiger partial charge in [-0.25, -0.2) is 4.68 Å². The van der Waals surface area contributed by atoms with Gasteiger partial charge in [0.15, 0.2) is 5.65 Å². The van der Waals surface area contributed by atoms with E-state index in [0.717, 1.165) is 63.2 Å². The predicted molar refractivity (Wildman–Crippen MR) is 145 cm³/mol. The van der Waals surface area contributed by atoms with Gasteiger partial charge in [-0.1, -0.05) is 37.6 Å². The molecule has 0 N–H and O–H groups in total. The van der Waals surface area contributed by atoms with E-state index in [0.29, 0.717) is 11.3 Å². The minimum atomic E-state index is 0.316. The molecule has 5 rings (SSSR count). The van der Waals surface area contributed by atoms with E-state index >= 15 is 0 Å². The van der Waals surface area contributed by atoms with Gasteiger partial charge in [-0.2, -0.15) is 15.1 Å². The quantitative estimate of drug-likeness (QED) is 0.207. The number of halogens is 1. The van der Waals surface area contributed by atoms with Crippen molar-refractivity contribution >= 4 is 37.0 Å². The zero-order valence-electron chi connectivity index (χ0n) is 20.5. The fourth-order valence-corrected chi connectivity index (χ4v) is 6.27. The minimum absolute atomic E-state index is 0.316. The van der Waals surface area contributed by atoms with Gasteiger partial charge < -0.3 is 4.90 Å². The average molecular weight is 498 g/mol. The predicted octanol–water partition coefficient (Wildman–Crippen LogP) is 7.20. The first kappa shape index (κ1) is 24.0. The Balaban J connectivity index is 1.41. The van der Waals surface area contributed by atoms with Crippen LogP contribution in [0.5, 0.6) is 0 Å². The summed E-state index contributed by atoms with van der Waals surface area (Å²) in [5.41, 5.74) is 3.68. The van der Waals surface area contributed by atoms with E-state index in [1.807, 2.05) is 6.20 Å². The maximum atomic E-state index is 6.51. The van der Waals surface area contributed by atoms with E-state index in [4.69, 9.17) is 21.7 Å². The molecule has 34 heavy (non-hydrogen) atoms. The lowest BCUT2D eigenvalue weighted by Gasteiger charge is -2.24. The second-order valence-corrected chi connectivity index (χ2v) is 11.7. The number of anilines is 1. The fourth-order valence-electron chi connectivity index (χ4n) is 5.42. The smallest absolute Gasteiger partial charge is 0.226 e. The van der Waals surface area contributed by atoms with Crippen molar-refractivity contribution in [2.75, 3.05) is 24.3 Å². The van der Waals surface area contributed by atoms with Crippen molar-refractivity contribution in [3.05, 3.63) is 46.9 Å². The van der Waals surface area contributed by atoms with E-state index in [1.54, 1.807) is 0 Å². The molecule has 3 aromatic rings. The zero-order chi connectivity index (χ0) is 23.5. The summed E-state index contributed by atoms with van der Waals surface area (Å²) in [5, 5.41) is 6.17. The molecule has 2 aliphatic rings. The Kier molecular flexibility index (Phi) is 7.70. The molecular weight excluding hydrogens is 461 g/mol. The number of nitrogens with zero attached hydrogens (tertiary/aromatic N) is 5. The van der Waals surface area contributed by atoms with Crippen molar-refractivity contribution in [3.63, 3.8) is 0 Å². The number of rotatable bonds is 11. The number of aromatic nitrogens is 4. The number of hydrogen-bond acceptors (Lipinski definition) is 4. The molecule has 0 amide bonds. The molecule has 1 aromatic carbocycles. The fraction of sp³-hybridized carbons (Fsp3) is 0.593. The lowest BCUT2D eigenvalue weighted by molar-refractivity contribution is 0.445. The lowest BCUT2D eigenvalue weighted by Crippen LogP contribution is -2.25. The second kappa shape index (κ2) is 10.9. The van der Waals surface area contributed by atoms with Gasteiger partial charge in [-0.05, 0) is 92.3 Å². The molecule has 182 valence electrons. The Bertz CT molecular complexity index is 1090. The topological polar surface area (TPSA) is 46.8 Å². The summed E-state index contributed by atoms with van der Waals surface area (Å²) in [6.45, 7) is 6.30.